The molecule has 9 heteroatoms. The third-order valence-corrected chi connectivity index (χ3v) is 6.88. The van der Waals surface area contributed by atoms with E-state index in [1.807, 2.05) is 12.1 Å². The summed E-state index contributed by atoms with van der Waals surface area (Å²) in [4.78, 5) is 25.9. The van der Waals surface area contributed by atoms with Gasteiger partial charge in [-0.05, 0) is 41.0 Å². The van der Waals surface area contributed by atoms with Crippen molar-refractivity contribution in [2.75, 3.05) is 26.4 Å². The van der Waals surface area contributed by atoms with Crippen molar-refractivity contribution >= 4 is 18.0 Å². The van der Waals surface area contributed by atoms with Crippen LogP contribution in [0.2, 0.25) is 0 Å². The lowest BCUT2D eigenvalue weighted by atomic mass is 9.91. The van der Waals surface area contributed by atoms with Crippen LogP contribution in [0.5, 0.6) is 0 Å². The molecule has 2 aromatic rings. The molecule has 5 rings (SSSR count). The van der Waals surface area contributed by atoms with E-state index in [1.165, 1.54) is 6.26 Å². The predicted octanol–water partition coefficient (Wildman–Crippen LogP) is 1.91. The van der Waals surface area contributed by atoms with Gasteiger partial charge in [0.25, 0.3) is 0 Å². The van der Waals surface area contributed by atoms with Gasteiger partial charge in [0.1, 0.15) is 24.9 Å². The minimum Gasteiger partial charge on any atom is -0.499 e. The van der Waals surface area contributed by atoms with Crippen molar-refractivity contribution in [2.45, 2.75) is 43.4 Å². The van der Waals surface area contributed by atoms with E-state index >= 15 is 0 Å². The van der Waals surface area contributed by atoms with E-state index in [0.717, 1.165) is 16.7 Å². The SMILES string of the molecule is O=C(NCCO)C1=CC2OC3(Cc4ccccc4C3)OC2C(OC(=O)c2ccc(C=COCCO)cc2)C1. The van der Waals surface area contributed by atoms with Gasteiger partial charge in [-0.25, -0.2) is 4.79 Å². The quantitative estimate of drug-likeness (QED) is 0.260. The minimum absolute atomic E-state index is 0.0685. The standard InChI is InChI=1S/C29H31NO8/c31-11-10-30-27(33)23-15-24(36-28(34)20-7-5-19(6-8-20)9-13-35-14-12-32)26-25(16-23)37-29(38-26)17-21-3-1-2-4-22(21)18-29/h1-9,13,16,24-26,31-32H,10-12,14-15,17-18H2,(H,30,33). The highest BCUT2D eigenvalue weighted by Gasteiger charge is 2.55. The number of carbonyl (C=O) groups is 2. The molecule has 0 bridgehead atoms. The molecule has 1 saturated heterocycles. The van der Waals surface area contributed by atoms with Crippen LogP contribution in [0.4, 0.5) is 0 Å². The van der Waals surface area contributed by atoms with E-state index in [2.05, 4.69) is 17.4 Å². The Kier molecular flexibility index (Phi) is 7.90. The fraction of sp³-hybridized carbons (Fsp3) is 0.379. The van der Waals surface area contributed by atoms with Crippen LogP contribution < -0.4 is 5.32 Å². The smallest absolute Gasteiger partial charge is 0.338 e. The van der Waals surface area contributed by atoms with Crippen molar-refractivity contribution in [1.29, 1.82) is 0 Å². The second-order valence-corrected chi connectivity index (χ2v) is 9.54. The number of esters is 1. The lowest BCUT2D eigenvalue weighted by molar-refractivity contribution is -0.172. The van der Waals surface area contributed by atoms with Gasteiger partial charge in [-0.3, -0.25) is 4.79 Å². The Morgan fingerprint density at radius 3 is 2.45 bits per heavy atom. The summed E-state index contributed by atoms with van der Waals surface area (Å²) in [5.41, 5.74) is 3.91. The fourth-order valence-electron chi connectivity index (χ4n) is 5.13. The third kappa shape index (κ3) is 5.66. The Bertz CT molecular complexity index is 1200. The van der Waals surface area contributed by atoms with Gasteiger partial charge in [-0.2, -0.15) is 0 Å². The topological polar surface area (TPSA) is 124 Å². The summed E-state index contributed by atoms with van der Waals surface area (Å²) in [5, 5.41) is 20.6. The average Bonchev–Trinajstić information content (AvgIpc) is 3.48. The zero-order chi connectivity index (χ0) is 26.5. The molecule has 1 amide bonds. The van der Waals surface area contributed by atoms with Gasteiger partial charge < -0.3 is 34.5 Å². The monoisotopic (exact) mass is 521 g/mol. The van der Waals surface area contributed by atoms with Crippen LogP contribution in [0.3, 0.4) is 0 Å². The van der Waals surface area contributed by atoms with E-state index in [-0.39, 0.29) is 38.7 Å². The molecule has 2 aromatic carbocycles. The van der Waals surface area contributed by atoms with Gasteiger partial charge in [0.15, 0.2) is 5.79 Å². The van der Waals surface area contributed by atoms with E-state index in [9.17, 15) is 9.59 Å². The minimum atomic E-state index is -0.872. The molecule has 2 aliphatic carbocycles. The number of benzene rings is 2. The first-order chi connectivity index (χ1) is 18.5. The third-order valence-electron chi connectivity index (χ3n) is 6.88. The van der Waals surface area contributed by atoms with Crippen LogP contribution in [0.15, 0.2) is 66.4 Å². The Balaban J connectivity index is 1.32. The van der Waals surface area contributed by atoms with Gasteiger partial charge in [0, 0.05) is 31.4 Å². The summed E-state index contributed by atoms with van der Waals surface area (Å²) in [6.45, 7) is 0.0827. The van der Waals surface area contributed by atoms with Gasteiger partial charge in [0.2, 0.25) is 5.91 Å². The molecule has 0 aromatic heterocycles. The molecule has 1 aliphatic heterocycles. The Morgan fingerprint density at radius 2 is 1.76 bits per heavy atom. The van der Waals surface area contributed by atoms with E-state index in [0.29, 0.717) is 24.0 Å². The fourth-order valence-corrected chi connectivity index (χ4v) is 5.13. The first-order valence-corrected chi connectivity index (χ1v) is 12.7. The van der Waals surface area contributed by atoms with Crippen LogP contribution in [0.1, 0.15) is 33.5 Å². The molecule has 3 N–H and O–H groups in total. The van der Waals surface area contributed by atoms with Gasteiger partial charge >= 0.3 is 5.97 Å². The van der Waals surface area contributed by atoms with Crippen LogP contribution in [-0.2, 0) is 36.6 Å². The van der Waals surface area contributed by atoms with Crippen LogP contribution >= 0.6 is 0 Å². The lowest BCUT2D eigenvalue weighted by Crippen LogP contribution is -2.44. The number of nitrogens with one attached hydrogen (secondary N) is 1. The first-order valence-electron chi connectivity index (χ1n) is 12.7. The molecule has 38 heavy (non-hydrogen) atoms. The van der Waals surface area contributed by atoms with Crippen molar-refractivity contribution in [3.05, 3.63) is 88.7 Å². The first kappa shape index (κ1) is 26.1. The normalized spacial score (nSPS) is 23.1. The molecule has 1 fully saturated rings. The Hall–Kier alpha value is -3.50. The largest absolute Gasteiger partial charge is 0.499 e. The number of fused-ring (bicyclic) bond motifs is 2. The van der Waals surface area contributed by atoms with Gasteiger partial charge in [-0.1, -0.05) is 36.4 Å². The number of ether oxygens (including phenoxy) is 4. The maximum atomic E-state index is 13.1. The molecule has 3 aliphatic rings. The summed E-state index contributed by atoms with van der Waals surface area (Å²) in [6, 6.07) is 14.9. The Labute approximate surface area is 220 Å². The molecule has 3 unspecified atom stereocenters. The second kappa shape index (κ2) is 11.5. The molecular weight excluding hydrogens is 490 g/mol. The molecule has 1 spiro atoms. The van der Waals surface area contributed by atoms with E-state index in [1.54, 1.807) is 36.4 Å². The number of hydrogen-bond acceptors (Lipinski definition) is 8. The van der Waals surface area contributed by atoms with Crippen molar-refractivity contribution in [1.82, 2.24) is 5.32 Å². The molecular formula is C29H31NO8. The zero-order valence-corrected chi connectivity index (χ0v) is 20.9. The number of amides is 1. The molecule has 1 heterocycles. The highest BCUT2D eigenvalue weighted by Crippen LogP contribution is 2.45. The highest BCUT2D eigenvalue weighted by atomic mass is 16.8. The van der Waals surface area contributed by atoms with E-state index in [4.69, 9.17) is 29.2 Å². The molecule has 9 nitrogen and oxygen atoms in total. The molecule has 200 valence electrons. The van der Waals surface area contributed by atoms with Gasteiger partial charge in [-0.15, -0.1) is 0 Å². The van der Waals surface area contributed by atoms with Crippen molar-refractivity contribution < 1.29 is 38.7 Å². The average molecular weight is 522 g/mol. The zero-order valence-electron chi connectivity index (χ0n) is 20.9. The summed E-state index contributed by atoms with van der Waals surface area (Å²) in [6.07, 6.45) is 4.42. The number of aliphatic hydroxyl groups is 2. The van der Waals surface area contributed by atoms with Crippen molar-refractivity contribution in [3.63, 3.8) is 0 Å². The number of hydrogen-bond donors (Lipinski definition) is 3. The second-order valence-electron chi connectivity index (χ2n) is 9.54. The highest BCUT2D eigenvalue weighted by molar-refractivity contribution is 5.94. The number of carbonyl (C=O) groups excluding carboxylic acids is 2. The van der Waals surface area contributed by atoms with E-state index < -0.39 is 30.1 Å². The summed E-state index contributed by atoms with van der Waals surface area (Å²) in [7, 11) is 0. The van der Waals surface area contributed by atoms with Crippen LogP contribution in [0, 0.1) is 0 Å². The number of rotatable bonds is 9. The predicted molar refractivity (Wildman–Crippen MR) is 137 cm³/mol. The van der Waals surface area contributed by atoms with Crippen LogP contribution in [-0.4, -0.2) is 72.6 Å². The lowest BCUT2D eigenvalue weighted by Gasteiger charge is -2.30. The molecule has 0 saturated carbocycles. The van der Waals surface area contributed by atoms with Crippen molar-refractivity contribution in [2.24, 2.45) is 0 Å². The maximum absolute atomic E-state index is 13.1. The summed E-state index contributed by atoms with van der Waals surface area (Å²) >= 11 is 0. The maximum Gasteiger partial charge on any atom is 0.338 e. The Morgan fingerprint density at radius 1 is 1.03 bits per heavy atom. The number of aliphatic hydroxyl groups excluding tert-OH is 2. The van der Waals surface area contributed by atoms with Crippen molar-refractivity contribution in [3.8, 4) is 0 Å². The summed E-state index contributed by atoms with van der Waals surface area (Å²) in [5.74, 6) is -1.74. The molecule has 3 atom stereocenters. The molecule has 0 radical (unpaired) electrons. The summed E-state index contributed by atoms with van der Waals surface area (Å²) < 4.78 is 23.9. The van der Waals surface area contributed by atoms with Gasteiger partial charge in [0.05, 0.1) is 25.0 Å². The van der Waals surface area contributed by atoms with Crippen LogP contribution in [0.25, 0.3) is 6.08 Å².